The Hall–Kier alpha value is -2.29. The molecule has 0 aromatic heterocycles. The molecule has 6 nitrogen and oxygen atoms in total. The molecule has 9 heteroatoms. The summed E-state index contributed by atoms with van der Waals surface area (Å²) in [4.78, 5) is 31.4. The number of likely N-dealkylation sites (tertiary alicyclic amines) is 1. The monoisotopic (exact) mass is 425 g/mol. The maximum absolute atomic E-state index is 12.8. The molecular formula is C21H26F3N3O3. The van der Waals surface area contributed by atoms with Crippen molar-refractivity contribution in [2.75, 3.05) is 39.3 Å². The van der Waals surface area contributed by atoms with Gasteiger partial charge in [-0.3, -0.25) is 14.5 Å². The third-order valence-corrected chi connectivity index (χ3v) is 6.02. The topological polar surface area (TPSA) is 53.1 Å². The fraction of sp³-hybridized carbons (Fsp3) is 0.619. The van der Waals surface area contributed by atoms with Gasteiger partial charge in [0.15, 0.2) is 0 Å². The van der Waals surface area contributed by atoms with Crippen LogP contribution in [-0.4, -0.2) is 78.2 Å². The van der Waals surface area contributed by atoms with E-state index in [1.165, 1.54) is 31.0 Å². The van der Waals surface area contributed by atoms with E-state index in [4.69, 9.17) is 0 Å². The van der Waals surface area contributed by atoms with Gasteiger partial charge in [-0.05, 0) is 49.8 Å². The molecule has 3 fully saturated rings. The Morgan fingerprint density at radius 3 is 2.60 bits per heavy atom. The summed E-state index contributed by atoms with van der Waals surface area (Å²) >= 11 is 0. The van der Waals surface area contributed by atoms with Crippen LogP contribution in [0.4, 0.5) is 13.2 Å². The zero-order valence-corrected chi connectivity index (χ0v) is 16.7. The van der Waals surface area contributed by atoms with Crippen molar-refractivity contribution in [1.82, 2.24) is 14.7 Å². The average molecular weight is 425 g/mol. The smallest absolute Gasteiger partial charge is 0.406 e. The van der Waals surface area contributed by atoms with Crippen LogP contribution in [0.3, 0.4) is 0 Å². The lowest BCUT2D eigenvalue weighted by Crippen LogP contribution is -2.44. The van der Waals surface area contributed by atoms with Crippen molar-refractivity contribution >= 4 is 11.8 Å². The second kappa shape index (κ2) is 8.45. The predicted molar refractivity (Wildman–Crippen MR) is 103 cm³/mol. The lowest BCUT2D eigenvalue weighted by atomic mass is 10.2. The van der Waals surface area contributed by atoms with E-state index in [9.17, 15) is 22.8 Å². The van der Waals surface area contributed by atoms with Gasteiger partial charge in [0.25, 0.3) is 5.91 Å². The fourth-order valence-corrected chi connectivity index (χ4v) is 4.32. The van der Waals surface area contributed by atoms with Gasteiger partial charge in [0.05, 0.1) is 6.04 Å². The molecule has 0 bridgehead atoms. The Kier molecular flexibility index (Phi) is 5.90. The Morgan fingerprint density at radius 1 is 1.07 bits per heavy atom. The molecule has 3 aliphatic rings. The molecule has 4 rings (SSSR count). The minimum atomic E-state index is -4.80. The van der Waals surface area contributed by atoms with Gasteiger partial charge >= 0.3 is 6.36 Å². The van der Waals surface area contributed by atoms with Crippen LogP contribution < -0.4 is 4.74 Å². The Bertz CT molecular complexity index is 797. The quantitative estimate of drug-likeness (QED) is 0.728. The first kappa shape index (κ1) is 21.0. The van der Waals surface area contributed by atoms with Crippen molar-refractivity contribution in [1.29, 1.82) is 0 Å². The fourth-order valence-electron chi connectivity index (χ4n) is 4.32. The molecule has 2 saturated heterocycles. The number of ether oxygens (including phenoxy) is 1. The van der Waals surface area contributed by atoms with Crippen LogP contribution in [0.1, 0.15) is 36.0 Å². The summed E-state index contributed by atoms with van der Waals surface area (Å²) in [6.45, 7) is 3.92. The summed E-state index contributed by atoms with van der Waals surface area (Å²) < 4.78 is 41.3. The molecule has 1 aromatic rings. The van der Waals surface area contributed by atoms with Crippen molar-refractivity contribution < 1.29 is 27.5 Å². The number of alkyl halides is 3. The van der Waals surface area contributed by atoms with Gasteiger partial charge in [0, 0.05) is 44.8 Å². The SMILES string of the molecule is O=C(c1cccc(OC(F)(F)F)c1)N1CCCN(C2CCN(CC3CC3)C2=O)CC1. The summed E-state index contributed by atoms with van der Waals surface area (Å²) in [6, 6.07) is 5.04. The van der Waals surface area contributed by atoms with E-state index in [1.54, 1.807) is 4.90 Å². The van der Waals surface area contributed by atoms with Gasteiger partial charge < -0.3 is 14.5 Å². The van der Waals surface area contributed by atoms with E-state index < -0.39 is 12.1 Å². The number of carbonyl (C=O) groups excluding carboxylic acids is 2. The highest BCUT2D eigenvalue weighted by molar-refractivity contribution is 5.94. The van der Waals surface area contributed by atoms with Crippen LogP contribution in [0, 0.1) is 5.92 Å². The number of halogens is 3. The van der Waals surface area contributed by atoms with Crippen LogP contribution in [0.25, 0.3) is 0 Å². The summed E-state index contributed by atoms with van der Waals surface area (Å²) in [6.07, 6.45) is -0.839. The van der Waals surface area contributed by atoms with Gasteiger partial charge in [-0.1, -0.05) is 6.07 Å². The maximum Gasteiger partial charge on any atom is 0.573 e. The van der Waals surface area contributed by atoms with Crippen molar-refractivity contribution in [3.63, 3.8) is 0 Å². The van der Waals surface area contributed by atoms with Crippen LogP contribution >= 0.6 is 0 Å². The second-order valence-electron chi connectivity index (χ2n) is 8.29. The van der Waals surface area contributed by atoms with Crippen LogP contribution in [0.15, 0.2) is 24.3 Å². The van der Waals surface area contributed by atoms with Crippen LogP contribution in [0.2, 0.25) is 0 Å². The largest absolute Gasteiger partial charge is 0.573 e. The lowest BCUT2D eigenvalue weighted by molar-refractivity contribution is -0.274. The third kappa shape index (κ3) is 5.06. The van der Waals surface area contributed by atoms with Crippen LogP contribution in [0.5, 0.6) is 5.75 Å². The third-order valence-electron chi connectivity index (χ3n) is 6.02. The zero-order chi connectivity index (χ0) is 21.3. The highest BCUT2D eigenvalue weighted by Gasteiger charge is 2.39. The molecule has 0 radical (unpaired) electrons. The molecule has 0 N–H and O–H groups in total. The van der Waals surface area contributed by atoms with Crippen LogP contribution in [-0.2, 0) is 4.79 Å². The maximum atomic E-state index is 12.8. The summed E-state index contributed by atoms with van der Waals surface area (Å²) in [5.74, 6) is 0.135. The minimum absolute atomic E-state index is 0.123. The highest BCUT2D eigenvalue weighted by Crippen LogP contribution is 2.32. The van der Waals surface area contributed by atoms with Crippen molar-refractivity contribution in [2.24, 2.45) is 5.92 Å². The molecule has 2 aliphatic heterocycles. The van der Waals surface area contributed by atoms with E-state index in [-0.39, 0.29) is 23.4 Å². The zero-order valence-electron chi connectivity index (χ0n) is 16.7. The van der Waals surface area contributed by atoms with Crippen molar-refractivity contribution in [3.8, 4) is 5.75 Å². The molecule has 1 saturated carbocycles. The molecule has 2 heterocycles. The van der Waals surface area contributed by atoms with E-state index in [0.717, 1.165) is 38.5 Å². The van der Waals surface area contributed by atoms with Gasteiger partial charge in [-0.25, -0.2) is 0 Å². The summed E-state index contributed by atoms with van der Waals surface area (Å²) in [5, 5.41) is 0. The Morgan fingerprint density at radius 2 is 1.87 bits per heavy atom. The first-order chi connectivity index (χ1) is 14.3. The predicted octanol–water partition coefficient (Wildman–Crippen LogP) is 2.74. The van der Waals surface area contributed by atoms with E-state index in [1.807, 2.05) is 4.90 Å². The van der Waals surface area contributed by atoms with E-state index in [2.05, 4.69) is 9.64 Å². The van der Waals surface area contributed by atoms with Gasteiger partial charge in [0.2, 0.25) is 5.91 Å². The first-order valence-corrected chi connectivity index (χ1v) is 10.5. The molecule has 1 atom stereocenters. The van der Waals surface area contributed by atoms with Gasteiger partial charge in [-0.15, -0.1) is 13.2 Å². The molecule has 30 heavy (non-hydrogen) atoms. The molecule has 2 amide bonds. The number of hydrogen-bond donors (Lipinski definition) is 0. The van der Waals surface area contributed by atoms with E-state index >= 15 is 0 Å². The number of nitrogens with zero attached hydrogens (tertiary/aromatic N) is 3. The van der Waals surface area contributed by atoms with Gasteiger partial charge in [0.1, 0.15) is 5.75 Å². The number of amides is 2. The van der Waals surface area contributed by atoms with Gasteiger partial charge in [-0.2, -0.15) is 0 Å². The van der Waals surface area contributed by atoms with Crippen molar-refractivity contribution in [3.05, 3.63) is 29.8 Å². The molecular weight excluding hydrogens is 399 g/mol. The number of rotatable bonds is 5. The second-order valence-corrected chi connectivity index (χ2v) is 8.29. The normalized spacial score (nSPS) is 23.6. The molecule has 1 aliphatic carbocycles. The first-order valence-electron chi connectivity index (χ1n) is 10.5. The molecule has 1 unspecified atom stereocenters. The molecule has 0 spiro atoms. The minimum Gasteiger partial charge on any atom is -0.406 e. The summed E-state index contributed by atoms with van der Waals surface area (Å²) in [7, 11) is 0. The number of carbonyl (C=O) groups is 2. The molecule has 1 aromatic carbocycles. The summed E-state index contributed by atoms with van der Waals surface area (Å²) in [5.41, 5.74) is 0.165. The Labute approximate surface area is 173 Å². The van der Waals surface area contributed by atoms with E-state index in [0.29, 0.717) is 25.6 Å². The average Bonchev–Trinajstić information content (AvgIpc) is 3.47. The number of hydrogen-bond acceptors (Lipinski definition) is 4. The standard InChI is InChI=1S/C21H26F3N3O3/c22-21(23,24)30-17-4-1-3-16(13-17)19(28)26-9-2-8-25(11-12-26)18-7-10-27(20(18)29)14-15-5-6-15/h1,3-4,13,15,18H,2,5-12,14H2. The van der Waals surface area contributed by atoms with Crippen molar-refractivity contribution in [2.45, 2.75) is 38.1 Å². The number of benzene rings is 1. The lowest BCUT2D eigenvalue weighted by Gasteiger charge is -2.26. The highest BCUT2D eigenvalue weighted by atomic mass is 19.4. The molecule has 164 valence electrons. The Balaban J connectivity index is 1.35.